The van der Waals surface area contributed by atoms with Crippen molar-refractivity contribution in [3.63, 3.8) is 0 Å². The maximum atomic E-state index is 12.0. The van der Waals surface area contributed by atoms with Gasteiger partial charge in [0.2, 0.25) is 0 Å². The van der Waals surface area contributed by atoms with Crippen LogP contribution in [-0.4, -0.2) is 34.3 Å². The van der Waals surface area contributed by atoms with Crippen molar-refractivity contribution in [1.29, 1.82) is 0 Å². The number of hydrazone groups is 1. The van der Waals surface area contributed by atoms with Crippen LogP contribution in [0, 0.1) is 0 Å². The Morgan fingerprint density at radius 2 is 1.92 bits per heavy atom. The lowest BCUT2D eigenvalue weighted by molar-refractivity contribution is -0.142. The summed E-state index contributed by atoms with van der Waals surface area (Å²) < 4.78 is 33.7. The van der Waals surface area contributed by atoms with Crippen molar-refractivity contribution in [2.75, 3.05) is 13.7 Å². The summed E-state index contributed by atoms with van der Waals surface area (Å²) in [6, 6.07) is 14.6. The minimum Gasteiger partial charge on any atom is -0.482 e. The topological polar surface area (TPSA) is 94.1 Å². The van der Waals surface area contributed by atoms with Crippen LogP contribution in [0.5, 0.6) is 5.75 Å². The van der Waals surface area contributed by atoms with Crippen LogP contribution in [0.4, 0.5) is 0 Å². The van der Waals surface area contributed by atoms with Crippen LogP contribution in [0.25, 0.3) is 0 Å². The number of sulfonamides is 1. The van der Waals surface area contributed by atoms with E-state index in [1.165, 1.54) is 25.5 Å². The Labute approximate surface area is 140 Å². The van der Waals surface area contributed by atoms with Crippen LogP contribution in [0.2, 0.25) is 0 Å². The van der Waals surface area contributed by atoms with Crippen molar-refractivity contribution in [3.05, 3.63) is 60.2 Å². The zero-order valence-electron chi connectivity index (χ0n) is 12.9. The third kappa shape index (κ3) is 5.10. The zero-order valence-corrected chi connectivity index (χ0v) is 13.7. The van der Waals surface area contributed by atoms with Crippen molar-refractivity contribution >= 4 is 22.2 Å². The fourth-order valence-electron chi connectivity index (χ4n) is 1.71. The molecule has 0 saturated heterocycles. The van der Waals surface area contributed by atoms with Gasteiger partial charge in [0.25, 0.3) is 10.0 Å². The lowest BCUT2D eigenvalue weighted by atomic mass is 10.2. The van der Waals surface area contributed by atoms with Crippen molar-refractivity contribution in [1.82, 2.24) is 4.83 Å². The van der Waals surface area contributed by atoms with Crippen LogP contribution >= 0.6 is 0 Å². The summed E-state index contributed by atoms with van der Waals surface area (Å²) in [7, 11) is -2.43. The summed E-state index contributed by atoms with van der Waals surface area (Å²) in [4.78, 5) is 13.3. The van der Waals surface area contributed by atoms with Crippen molar-refractivity contribution < 1.29 is 22.7 Å². The maximum absolute atomic E-state index is 12.0. The highest BCUT2D eigenvalue weighted by molar-refractivity contribution is 7.89. The number of hydrogen-bond donors (Lipinski definition) is 1. The first-order chi connectivity index (χ1) is 11.5. The van der Waals surface area contributed by atoms with Gasteiger partial charge in [0.05, 0.1) is 18.2 Å². The number of methoxy groups -OCH3 is 1. The van der Waals surface area contributed by atoms with E-state index in [2.05, 4.69) is 14.7 Å². The molecule has 0 fully saturated rings. The maximum Gasteiger partial charge on any atom is 0.343 e. The van der Waals surface area contributed by atoms with E-state index >= 15 is 0 Å². The minimum atomic E-state index is -3.71. The number of hydrogen-bond acceptors (Lipinski definition) is 6. The summed E-state index contributed by atoms with van der Waals surface area (Å²) in [5.41, 5.74) is 0.605. The number of carbonyl (C=O) groups excluding carboxylic acids is 1. The van der Waals surface area contributed by atoms with E-state index < -0.39 is 16.0 Å². The van der Waals surface area contributed by atoms with E-state index in [0.29, 0.717) is 11.3 Å². The van der Waals surface area contributed by atoms with Crippen LogP contribution in [0.3, 0.4) is 0 Å². The number of ether oxygens (including phenoxy) is 2. The summed E-state index contributed by atoms with van der Waals surface area (Å²) >= 11 is 0. The largest absolute Gasteiger partial charge is 0.482 e. The predicted octanol–water partition coefficient (Wildman–Crippen LogP) is 1.55. The SMILES string of the molecule is COC(=O)COc1cccc(C=NNS(=O)(=O)c2ccccc2)c1. The molecule has 0 amide bonds. The van der Waals surface area contributed by atoms with E-state index in [-0.39, 0.29) is 11.5 Å². The molecule has 2 aromatic rings. The standard InChI is InChI=1S/C16H16N2O5S/c1-22-16(19)12-23-14-7-5-6-13(10-14)11-17-18-24(20,21)15-8-3-2-4-9-15/h2-11,18H,12H2,1H3. The van der Waals surface area contributed by atoms with Gasteiger partial charge in [0, 0.05) is 0 Å². The molecule has 0 aliphatic heterocycles. The second-order valence-corrected chi connectivity index (χ2v) is 6.26. The molecule has 24 heavy (non-hydrogen) atoms. The first-order valence-electron chi connectivity index (χ1n) is 6.91. The van der Waals surface area contributed by atoms with Crippen LogP contribution in [0.1, 0.15) is 5.56 Å². The molecule has 0 aromatic heterocycles. The summed E-state index contributed by atoms with van der Waals surface area (Å²) in [6.45, 7) is -0.211. The van der Waals surface area contributed by atoms with E-state index in [4.69, 9.17) is 4.74 Å². The molecular formula is C16H16N2O5S. The van der Waals surface area contributed by atoms with Gasteiger partial charge in [0.1, 0.15) is 5.75 Å². The van der Waals surface area contributed by atoms with Gasteiger partial charge < -0.3 is 9.47 Å². The van der Waals surface area contributed by atoms with Gasteiger partial charge in [-0.1, -0.05) is 30.3 Å². The quantitative estimate of drug-likeness (QED) is 0.465. The average molecular weight is 348 g/mol. The molecule has 1 N–H and O–H groups in total. The van der Waals surface area contributed by atoms with E-state index in [1.807, 2.05) is 0 Å². The molecule has 126 valence electrons. The lowest BCUT2D eigenvalue weighted by Gasteiger charge is -2.05. The Balaban J connectivity index is 2.00. The normalized spacial score (nSPS) is 11.2. The van der Waals surface area contributed by atoms with Crippen LogP contribution in [0.15, 0.2) is 64.6 Å². The molecule has 0 bridgehead atoms. The molecular weight excluding hydrogens is 332 g/mol. The van der Waals surface area contributed by atoms with Crippen LogP contribution < -0.4 is 9.57 Å². The minimum absolute atomic E-state index is 0.123. The Hall–Kier alpha value is -2.87. The van der Waals surface area contributed by atoms with Crippen molar-refractivity contribution in [2.24, 2.45) is 5.10 Å². The summed E-state index contributed by atoms with van der Waals surface area (Å²) in [5, 5.41) is 3.73. The van der Waals surface area contributed by atoms with Crippen molar-refractivity contribution in [3.8, 4) is 5.75 Å². The molecule has 0 aliphatic rings. The molecule has 2 rings (SSSR count). The van der Waals surface area contributed by atoms with E-state index in [9.17, 15) is 13.2 Å². The van der Waals surface area contributed by atoms with Gasteiger partial charge in [-0.15, -0.1) is 0 Å². The molecule has 0 heterocycles. The molecule has 0 atom stereocenters. The fourth-order valence-corrected chi connectivity index (χ4v) is 2.52. The highest BCUT2D eigenvalue weighted by Crippen LogP contribution is 2.12. The number of esters is 1. The number of nitrogens with one attached hydrogen (secondary N) is 1. The highest BCUT2D eigenvalue weighted by atomic mass is 32.2. The van der Waals surface area contributed by atoms with Gasteiger partial charge in [-0.05, 0) is 29.8 Å². The third-order valence-corrected chi connectivity index (χ3v) is 4.12. The Bertz CT molecular complexity index is 819. The second-order valence-electron chi connectivity index (χ2n) is 4.60. The molecule has 7 nitrogen and oxygen atoms in total. The number of rotatable bonds is 7. The molecule has 0 unspecified atom stereocenters. The number of nitrogens with zero attached hydrogens (tertiary/aromatic N) is 1. The van der Waals surface area contributed by atoms with Gasteiger partial charge in [-0.25, -0.2) is 9.63 Å². The van der Waals surface area contributed by atoms with Crippen LogP contribution in [-0.2, 0) is 19.6 Å². The Kier molecular flexibility index (Phi) is 5.91. The molecule has 0 saturated carbocycles. The first kappa shape index (κ1) is 17.5. The predicted molar refractivity (Wildman–Crippen MR) is 88.3 cm³/mol. The number of benzene rings is 2. The number of carbonyl (C=O) groups is 1. The summed E-state index contributed by atoms with van der Waals surface area (Å²) in [6.07, 6.45) is 1.34. The Morgan fingerprint density at radius 3 is 2.62 bits per heavy atom. The second kappa shape index (κ2) is 8.11. The lowest BCUT2D eigenvalue weighted by Crippen LogP contribution is -2.18. The van der Waals surface area contributed by atoms with Crippen molar-refractivity contribution in [2.45, 2.75) is 4.90 Å². The third-order valence-electron chi connectivity index (χ3n) is 2.88. The van der Waals surface area contributed by atoms with E-state index in [0.717, 1.165) is 0 Å². The molecule has 8 heteroatoms. The Morgan fingerprint density at radius 1 is 1.17 bits per heavy atom. The highest BCUT2D eigenvalue weighted by Gasteiger charge is 2.11. The van der Waals surface area contributed by atoms with Gasteiger partial charge >= 0.3 is 5.97 Å². The fraction of sp³-hybridized carbons (Fsp3) is 0.125. The molecule has 0 aliphatic carbocycles. The average Bonchev–Trinajstić information content (AvgIpc) is 2.60. The summed E-state index contributed by atoms with van der Waals surface area (Å²) in [5.74, 6) is -0.0556. The van der Waals surface area contributed by atoms with Gasteiger partial charge in [0.15, 0.2) is 6.61 Å². The first-order valence-corrected chi connectivity index (χ1v) is 8.39. The monoisotopic (exact) mass is 348 g/mol. The van der Waals surface area contributed by atoms with Gasteiger partial charge in [-0.2, -0.15) is 13.5 Å². The molecule has 0 radical (unpaired) electrons. The smallest absolute Gasteiger partial charge is 0.343 e. The van der Waals surface area contributed by atoms with E-state index in [1.54, 1.807) is 42.5 Å². The van der Waals surface area contributed by atoms with Gasteiger partial charge in [-0.3, -0.25) is 0 Å². The molecule has 0 spiro atoms. The zero-order chi connectivity index (χ0) is 17.4. The molecule has 2 aromatic carbocycles.